The average Bonchev–Trinajstić information content (AvgIpc) is 3.52. The van der Waals surface area contributed by atoms with Gasteiger partial charge in [0, 0.05) is 50.7 Å². The van der Waals surface area contributed by atoms with E-state index in [-0.39, 0.29) is 0 Å². The Hall–Kier alpha value is -5.34. The zero-order valence-corrected chi connectivity index (χ0v) is 22.7. The van der Waals surface area contributed by atoms with Gasteiger partial charge in [-0.15, -0.1) is 0 Å². The summed E-state index contributed by atoms with van der Waals surface area (Å²) in [4.78, 5) is 0. The van der Waals surface area contributed by atoms with Crippen LogP contribution in [0.5, 0.6) is 0 Å². The van der Waals surface area contributed by atoms with Crippen LogP contribution in [-0.4, -0.2) is 9.13 Å². The Morgan fingerprint density at radius 3 is 1.83 bits per heavy atom. The zero-order chi connectivity index (χ0) is 27.1. The first kappa shape index (κ1) is 22.5. The Morgan fingerprint density at radius 1 is 0.390 bits per heavy atom. The highest BCUT2D eigenvalue weighted by Crippen LogP contribution is 2.40. The monoisotopic (exact) mass is 522 g/mol. The van der Waals surface area contributed by atoms with E-state index in [0.717, 1.165) is 0 Å². The molecule has 0 unspecified atom stereocenters. The van der Waals surface area contributed by atoms with Gasteiger partial charge in [-0.2, -0.15) is 0 Å². The molecule has 0 saturated carbocycles. The van der Waals surface area contributed by atoms with Gasteiger partial charge in [-0.1, -0.05) is 97.1 Å². The number of hydrogen-bond donors (Lipinski definition) is 0. The summed E-state index contributed by atoms with van der Waals surface area (Å²) in [6.07, 6.45) is 0. The van der Waals surface area contributed by atoms with Crippen molar-refractivity contribution in [2.45, 2.75) is 0 Å². The molecule has 2 heterocycles. The largest absolute Gasteiger partial charge is 0.344 e. The Morgan fingerprint density at radius 2 is 1.00 bits per heavy atom. The zero-order valence-electron chi connectivity index (χ0n) is 22.7. The second-order valence-corrected chi connectivity index (χ2v) is 11.1. The molecule has 0 fully saturated rings. The standard InChI is InChI=1S/C39H26N2/c1-40-36-13-7-6-12-32(36)34-23-28(16-20-37(34)40)29-17-21-38-35(24-29)33-19-15-26-9-4-5-11-31(26)39(33)41(38)30-18-14-25-8-2-3-10-27(25)22-30/h2-24H,1H3. The molecular formula is C39H26N2. The van der Waals surface area contributed by atoms with E-state index in [1.807, 2.05) is 0 Å². The molecule has 0 aliphatic carbocycles. The predicted molar refractivity (Wildman–Crippen MR) is 175 cm³/mol. The highest BCUT2D eigenvalue weighted by molar-refractivity contribution is 6.19. The molecule has 0 aliphatic rings. The van der Waals surface area contributed by atoms with Crippen molar-refractivity contribution in [2.75, 3.05) is 0 Å². The van der Waals surface area contributed by atoms with Crippen LogP contribution in [0, 0.1) is 0 Å². The molecule has 2 heteroatoms. The van der Waals surface area contributed by atoms with E-state index in [9.17, 15) is 0 Å². The maximum atomic E-state index is 2.46. The van der Waals surface area contributed by atoms with Crippen LogP contribution in [-0.2, 0) is 7.05 Å². The number of aryl methyl sites for hydroxylation is 1. The molecule has 0 spiro atoms. The Bertz CT molecular complexity index is 2490. The molecule has 7 aromatic carbocycles. The lowest BCUT2D eigenvalue weighted by Crippen LogP contribution is -1.94. The predicted octanol–water partition coefficient (Wildman–Crippen LogP) is 10.4. The van der Waals surface area contributed by atoms with Gasteiger partial charge in [0.05, 0.1) is 11.0 Å². The van der Waals surface area contributed by atoms with Gasteiger partial charge in [0.25, 0.3) is 0 Å². The minimum absolute atomic E-state index is 1.19. The molecule has 9 aromatic rings. The fourth-order valence-corrected chi connectivity index (χ4v) is 6.89. The summed E-state index contributed by atoms with van der Waals surface area (Å²) in [5, 5.41) is 10.2. The summed E-state index contributed by atoms with van der Waals surface area (Å²) in [7, 11) is 2.16. The van der Waals surface area contributed by atoms with Crippen LogP contribution >= 0.6 is 0 Å². The van der Waals surface area contributed by atoms with E-state index in [0.29, 0.717) is 0 Å². The van der Waals surface area contributed by atoms with Crippen molar-refractivity contribution in [3.63, 3.8) is 0 Å². The molecule has 0 saturated heterocycles. The molecular weight excluding hydrogens is 496 g/mol. The van der Waals surface area contributed by atoms with Crippen LogP contribution in [0.15, 0.2) is 140 Å². The molecule has 0 atom stereocenters. The van der Waals surface area contributed by atoms with E-state index in [2.05, 4.69) is 156 Å². The minimum atomic E-state index is 1.19. The first-order valence-electron chi connectivity index (χ1n) is 14.2. The van der Waals surface area contributed by atoms with Gasteiger partial charge in [-0.3, -0.25) is 0 Å². The summed E-state index contributed by atoms with van der Waals surface area (Å²) in [6.45, 7) is 0. The number of nitrogens with zero attached hydrogens (tertiary/aromatic N) is 2. The van der Waals surface area contributed by atoms with Crippen LogP contribution in [0.3, 0.4) is 0 Å². The lowest BCUT2D eigenvalue weighted by atomic mass is 10.00. The van der Waals surface area contributed by atoms with Gasteiger partial charge in [0.15, 0.2) is 0 Å². The lowest BCUT2D eigenvalue weighted by molar-refractivity contribution is 1.01. The topological polar surface area (TPSA) is 9.86 Å². The normalized spacial score (nSPS) is 12.0. The molecule has 0 amide bonds. The number of benzene rings is 7. The van der Waals surface area contributed by atoms with Crippen molar-refractivity contribution in [1.29, 1.82) is 0 Å². The number of hydrogen-bond acceptors (Lipinski definition) is 0. The third-order valence-electron chi connectivity index (χ3n) is 8.89. The summed E-state index contributed by atoms with van der Waals surface area (Å²) < 4.78 is 4.75. The third kappa shape index (κ3) is 3.19. The van der Waals surface area contributed by atoms with Crippen molar-refractivity contribution in [1.82, 2.24) is 9.13 Å². The molecule has 0 N–H and O–H groups in total. The van der Waals surface area contributed by atoms with Crippen molar-refractivity contribution in [3.05, 3.63) is 140 Å². The van der Waals surface area contributed by atoms with Gasteiger partial charge < -0.3 is 9.13 Å². The molecule has 2 nitrogen and oxygen atoms in total. The summed E-state index contributed by atoms with van der Waals surface area (Å²) >= 11 is 0. The Labute approximate surface area is 237 Å². The molecule has 0 radical (unpaired) electrons. The number of fused-ring (bicyclic) bond motifs is 9. The first-order valence-corrected chi connectivity index (χ1v) is 14.2. The molecule has 9 rings (SSSR count). The van der Waals surface area contributed by atoms with Gasteiger partial charge in [0.1, 0.15) is 0 Å². The lowest BCUT2D eigenvalue weighted by Gasteiger charge is -2.11. The molecule has 2 aromatic heterocycles. The Kier molecular flexibility index (Phi) is 4.57. The quantitative estimate of drug-likeness (QED) is 0.214. The molecule has 0 aliphatic heterocycles. The van der Waals surface area contributed by atoms with Gasteiger partial charge >= 0.3 is 0 Å². The van der Waals surface area contributed by atoms with Crippen LogP contribution in [0.4, 0.5) is 0 Å². The van der Waals surface area contributed by atoms with Crippen LogP contribution in [0.1, 0.15) is 0 Å². The molecule has 192 valence electrons. The number of aromatic nitrogens is 2. The second-order valence-electron chi connectivity index (χ2n) is 11.1. The maximum absolute atomic E-state index is 2.46. The molecule has 41 heavy (non-hydrogen) atoms. The number of para-hydroxylation sites is 1. The minimum Gasteiger partial charge on any atom is -0.344 e. The van der Waals surface area contributed by atoms with E-state index in [1.54, 1.807) is 0 Å². The SMILES string of the molecule is Cn1c2ccccc2c2cc(-c3ccc4c(c3)c3ccc5ccccc5c3n4-c3ccc4ccccc4c3)ccc21. The summed E-state index contributed by atoms with van der Waals surface area (Å²) in [5.74, 6) is 0. The van der Waals surface area contributed by atoms with Crippen LogP contribution in [0.25, 0.3) is 82.0 Å². The second kappa shape index (κ2) is 8.33. The summed E-state index contributed by atoms with van der Waals surface area (Å²) in [5.41, 5.74) is 8.67. The van der Waals surface area contributed by atoms with Crippen LogP contribution < -0.4 is 0 Å². The molecule has 0 bridgehead atoms. The van der Waals surface area contributed by atoms with E-state index < -0.39 is 0 Å². The average molecular weight is 523 g/mol. The number of rotatable bonds is 2. The van der Waals surface area contributed by atoms with Crippen molar-refractivity contribution >= 4 is 65.2 Å². The van der Waals surface area contributed by atoms with E-state index in [4.69, 9.17) is 0 Å². The van der Waals surface area contributed by atoms with Gasteiger partial charge in [-0.05, 0) is 69.8 Å². The maximum Gasteiger partial charge on any atom is 0.0619 e. The van der Waals surface area contributed by atoms with Gasteiger partial charge in [-0.25, -0.2) is 0 Å². The fraction of sp³-hybridized carbons (Fsp3) is 0.0256. The van der Waals surface area contributed by atoms with E-state index in [1.165, 1.54) is 82.0 Å². The van der Waals surface area contributed by atoms with Crippen molar-refractivity contribution in [3.8, 4) is 16.8 Å². The van der Waals surface area contributed by atoms with Gasteiger partial charge in [0.2, 0.25) is 0 Å². The third-order valence-corrected chi connectivity index (χ3v) is 8.89. The van der Waals surface area contributed by atoms with E-state index >= 15 is 0 Å². The highest BCUT2D eigenvalue weighted by atomic mass is 15.0. The fourth-order valence-electron chi connectivity index (χ4n) is 6.89. The highest BCUT2D eigenvalue weighted by Gasteiger charge is 2.17. The first-order chi connectivity index (χ1) is 20.2. The van der Waals surface area contributed by atoms with Crippen LogP contribution in [0.2, 0.25) is 0 Å². The van der Waals surface area contributed by atoms with Crippen molar-refractivity contribution < 1.29 is 0 Å². The Balaban J connectivity index is 1.34. The van der Waals surface area contributed by atoms with Crippen molar-refractivity contribution in [2.24, 2.45) is 7.05 Å². The smallest absolute Gasteiger partial charge is 0.0619 e. The summed E-state index contributed by atoms with van der Waals surface area (Å²) in [6, 6.07) is 51.3.